The summed E-state index contributed by atoms with van der Waals surface area (Å²) in [7, 11) is 0. The summed E-state index contributed by atoms with van der Waals surface area (Å²) < 4.78 is 10.9. The van der Waals surface area contributed by atoms with E-state index in [-0.39, 0.29) is 24.9 Å². The van der Waals surface area contributed by atoms with Crippen LogP contribution in [0.1, 0.15) is 35.4 Å². The van der Waals surface area contributed by atoms with Crippen LogP contribution in [0, 0.1) is 6.92 Å². The van der Waals surface area contributed by atoms with E-state index in [4.69, 9.17) is 14.9 Å². The van der Waals surface area contributed by atoms with Gasteiger partial charge < -0.3 is 25.5 Å². The van der Waals surface area contributed by atoms with Gasteiger partial charge in [-0.1, -0.05) is 48.5 Å². The van der Waals surface area contributed by atoms with Crippen molar-refractivity contribution in [3.05, 3.63) is 99.9 Å². The van der Waals surface area contributed by atoms with E-state index in [0.717, 1.165) is 33.2 Å². The molecule has 4 N–H and O–H groups in total. The van der Waals surface area contributed by atoms with Crippen LogP contribution in [-0.4, -0.2) is 31.2 Å². The Balaban J connectivity index is 0.00000353. The second-order valence-electron chi connectivity index (χ2n) is 9.40. The van der Waals surface area contributed by atoms with Crippen molar-refractivity contribution < 1.29 is 18.7 Å². The number of ether oxygens (including phenoxy) is 1. The number of anilines is 1. The summed E-state index contributed by atoms with van der Waals surface area (Å²) in [6.07, 6.45) is 0.200. The highest BCUT2D eigenvalue weighted by Gasteiger charge is 2.29. The smallest absolute Gasteiger partial charge is 0.407 e. The molecule has 1 atom stereocenters. The molecule has 4 aromatic rings. The van der Waals surface area contributed by atoms with Gasteiger partial charge in [0.1, 0.15) is 18.2 Å². The predicted molar refractivity (Wildman–Crippen MR) is 153 cm³/mol. The van der Waals surface area contributed by atoms with Gasteiger partial charge in [-0.05, 0) is 66.3 Å². The van der Waals surface area contributed by atoms with Crippen LogP contribution in [0.25, 0.3) is 22.1 Å². The molecule has 1 aliphatic rings. The summed E-state index contributed by atoms with van der Waals surface area (Å²) in [4.78, 5) is 37.7. The highest BCUT2D eigenvalue weighted by molar-refractivity contribution is 5.98. The normalized spacial score (nSPS) is 12.7. The molecule has 1 heterocycles. The van der Waals surface area contributed by atoms with Gasteiger partial charge in [0.05, 0.1) is 0 Å². The fraction of sp³-hybridized carbons (Fsp3) is 0.233. The van der Waals surface area contributed by atoms with Crippen LogP contribution < -0.4 is 22.0 Å². The first-order valence-corrected chi connectivity index (χ1v) is 12.6. The Morgan fingerprint density at radius 3 is 2.33 bits per heavy atom. The molecule has 202 valence electrons. The molecule has 0 unspecified atom stereocenters. The van der Waals surface area contributed by atoms with Crippen molar-refractivity contribution in [2.75, 3.05) is 18.5 Å². The Labute approximate surface area is 232 Å². The lowest BCUT2D eigenvalue weighted by Gasteiger charge is -2.20. The lowest BCUT2D eigenvalue weighted by Crippen LogP contribution is -2.44. The van der Waals surface area contributed by atoms with E-state index < -0.39 is 23.7 Å². The number of carbonyl (C=O) groups excluding carboxylic acids is 2. The van der Waals surface area contributed by atoms with E-state index in [0.29, 0.717) is 30.7 Å². The zero-order chi connectivity index (χ0) is 26.6. The van der Waals surface area contributed by atoms with Gasteiger partial charge in [0.15, 0.2) is 0 Å². The Bertz CT molecular complexity index is 1520. The Morgan fingerprint density at radius 1 is 1.00 bits per heavy atom. The first-order chi connectivity index (χ1) is 18.4. The highest BCUT2D eigenvalue weighted by atomic mass is 35.5. The number of hydrogen-bond donors (Lipinski definition) is 3. The minimum atomic E-state index is -0.852. The van der Waals surface area contributed by atoms with Gasteiger partial charge in [0, 0.05) is 29.1 Å². The molecular weight excluding hydrogens is 518 g/mol. The van der Waals surface area contributed by atoms with E-state index in [1.54, 1.807) is 18.2 Å². The van der Waals surface area contributed by atoms with Crippen LogP contribution in [0.4, 0.5) is 10.5 Å². The lowest BCUT2D eigenvalue weighted by atomic mass is 9.98. The van der Waals surface area contributed by atoms with Gasteiger partial charge in [-0.25, -0.2) is 9.59 Å². The van der Waals surface area contributed by atoms with Crippen LogP contribution in [0.2, 0.25) is 0 Å². The summed E-state index contributed by atoms with van der Waals surface area (Å²) in [5.74, 6) is -0.499. The standard InChI is InChI=1S/C30H29N3O5.ClH/c1-18-15-28(34)38-27-16-19(12-13-20(18)27)32-29(35)26(11-6-14-31)33-30(36)37-17-25-23-9-4-2-7-21(23)22-8-3-5-10-24(22)25;/h2-5,7-10,12-13,15-16,25-26H,6,11,14,17,31H2,1H3,(H,32,35)(H,33,36);1H/t26-;/m0./s1. The summed E-state index contributed by atoms with van der Waals surface area (Å²) in [6, 6.07) is 21.8. The van der Waals surface area contributed by atoms with Gasteiger partial charge in [-0.3, -0.25) is 4.79 Å². The molecule has 9 heteroatoms. The molecule has 0 radical (unpaired) electrons. The van der Waals surface area contributed by atoms with Crippen LogP contribution in [0.5, 0.6) is 0 Å². The predicted octanol–water partition coefficient (Wildman–Crippen LogP) is 5.11. The third-order valence-corrected chi connectivity index (χ3v) is 6.87. The summed E-state index contributed by atoms with van der Waals surface area (Å²) in [5.41, 5.74) is 11.3. The molecule has 1 aromatic heterocycles. The number of fused-ring (bicyclic) bond motifs is 4. The minimum Gasteiger partial charge on any atom is -0.449 e. The van der Waals surface area contributed by atoms with Crippen LogP contribution in [0.15, 0.2) is 82.0 Å². The second-order valence-corrected chi connectivity index (χ2v) is 9.40. The fourth-order valence-electron chi connectivity index (χ4n) is 5.01. The summed E-state index contributed by atoms with van der Waals surface area (Å²) in [6.45, 7) is 2.34. The third-order valence-electron chi connectivity index (χ3n) is 6.87. The fourth-order valence-corrected chi connectivity index (χ4v) is 5.01. The topological polar surface area (TPSA) is 124 Å². The number of aryl methyl sites for hydroxylation is 1. The van der Waals surface area contributed by atoms with Crippen molar-refractivity contribution in [3.8, 4) is 11.1 Å². The molecule has 0 spiro atoms. The van der Waals surface area contributed by atoms with E-state index in [2.05, 4.69) is 22.8 Å². The SMILES string of the molecule is Cc1cc(=O)oc2cc(NC(=O)[C@H](CCCN)NC(=O)OCC3c4ccccc4-c4ccccc43)ccc12.Cl. The Kier molecular flexibility index (Phi) is 8.69. The van der Waals surface area contributed by atoms with Crippen LogP contribution >= 0.6 is 12.4 Å². The number of benzene rings is 3. The lowest BCUT2D eigenvalue weighted by molar-refractivity contribution is -0.118. The molecule has 3 aromatic carbocycles. The van der Waals surface area contributed by atoms with Crippen molar-refractivity contribution in [1.82, 2.24) is 5.32 Å². The van der Waals surface area contributed by atoms with E-state index in [1.807, 2.05) is 43.3 Å². The van der Waals surface area contributed by atoms with E-state index >= 15 is 0 Å². The maximum Gasteiger partial charge on any atom is 0.407 e. The second kappa shape index (κ2) is 12.1. The number of nitrogens with two attached hydrogens (primary N) is 1. The zero-order valence-electron chi connectivity index (χ0n) is 21.4. The molecule has 1 aliphatic carbocycles. The largest absolute Gasteiger partial charge is 0.449 e. The maximum atomic E-state index is 13.1. The van der Waals surface area contributed by atoms with Gasteiger partial charge >= 0.3 is 11.7 Å². The average Bonchev–Trinajstić information content (AvgIpc) is 3.23. The highest BCUT2D eigenvalue weighted by Crippen LogP contribution is 2.44. The minimum absolute atomic E-state index is 0. The van der Waals surface area contributed by atoms with Gasteiger partial charge in [0.25, 0.3) is 0 Å². The number of hydrogen-bond acceptors (Lipinski definition) is 6. The van der Waals surface area contributed by atoms with Crippen molar-refractivity contribution in [3.63, 3.8) is 0 Å². The van der Waals surface area contributed by atoms with Gasteiger partial charge in [-0.2, -0.15) is 0 Å². The van der Waals surface area contributed by atoms with Crippen molar-refractivity contribution in [1.29, 1.82) is 0 Å². The first kappa shape index (κ1) is 27.9. The number of rotatable bonds is 8. The monoisotopic (exact) mass is 547 g/mol. The summed E-state index contributed by atoms with van der Waals surface area (Å²) >= 11 is 0. The molecular formula is C30H30ClN3O5. The third kappa shape index (κ3) is 5.97. The molecule has 0 saturated carbocycles. The quantitative estimate of drug-likeness (QED) is 0.263. The molecule has 0 aliphatic heterocycles. The average molecular weight is 548 g/mol. The number of carbonyl (C=O) groups is 2. The Hall–Kier alpha value is -4.14. The van der Waals surface area contributed by atoms with E-state index in [9.17, 15) is 14.4 Å². The van der Waals surface area contributed by atoms with Gasteiger partial charge in [0.2, 0.25) is 5.91 Å². The number of amides is 2. The molecule has 0 saturated heterocycles. The summed E-state index contributed by atoms with van der Waals surface area (Å²) in [5, 5.41) is 6.27. The molecule has 0 bridgehead atoms. The maximum absolute atomic E-state index is 13.1. The van der Waals surface area contributed by atoms with Crippen LogP contribution in [-0.2, 0) is 9.53 Å². The zero-order valence-corrected chi connectivity index (χ0v) is 22.3. The van der Waals surface area contributed by atoms with Crippen molar-refractivity contribution in [2.45, 2.75) is 31.7 Å². The first-order valence-electron chi connectivity index (χ1n) is 12.6. The van der Waals surface area contributed by atoms with E-state index in [1.165, 1.54) is 6.07 Å². The molecule has 0 fully saturated rings. The Morgan fingerprint density at radius 2 is 1.67 bits per heavy atom. The number of halogens is 1. The van der Waals surface area contributed by atoms with Gasteiger partial charge in [-0.15, -0.1) is 12.4 Å². The molecule has 39 heavy (non-hydrogen) atoms. The van der Waals surface area contributed by atoms with Crippen molar-refractivity contribution in [2.24, 2.45) is 5.73 Å². The van der Waals surface area contributed by atoms with Crippen molar-refractivity contribution >= 4 is 41.1 Å². The van der Waals surface area contributed by atoms with Crippen LogP contribution in [0.3, 0.4) is 0 Å². The molecule has 5 rings (SSSR count). The molecule has 2 amide bonds. The number of nitrogens with one attached hydrogen (secondary N) is 2. The number of alkyl carbamates (subject to hydrolysis) is 1. The molecule has 8 nitrogen and oxygen atoms in total.